The Kier molecular flexibility index (Phi) is 6.62. The standard InChI is InChI=1S/C24H25NO4/c1-16-21(22(17(2)25-16)24(27)29-14-13-28-3)23(26)20-12-8-7-11-19(20)15-18-9-5-4-6-10-18/h4-12,25H,13-15H2,1-3H3. The number of nitrogens with one attached hydrogen (secondary N) is 1. The lowest BCUT2D eigenvalue weighted by Crippen LogP contribution is -2.15. The maximum Gasteiger partial charge on any atom is 0.340 e. The summed E-state index contributed by atoms with van der Waals surface area (Å²) < 4.78 is 10.2. The molecule has 0 aliphatic rings. The molecule has 3 rings (SSSR count). The first-order valence-electron chi connectivity index (χ1n) is 9.54. The highest BCUT2D eigenvalue weighted by atomic mass is 16.6. The molecule has 3 aromatic rings. The smallest absolute Gasteiger partial charge is 0.340 e. The maximum absolute atomic E-state index is 13.5. The van der Waals surface area contributed by atoms with Crippen LogP contribution in [0.5, 0.6) is 0 Å². The second-order valence-corrected chi connectivity index (χ2v) is 6.90. The monoisotopic (exact) mass is 391 g/mol. The summed E-state index contributed by atoms with van der Waals surface area (Å²) in [5.41, 5.74) is 4.55. The fraction of sp³-hybridized carbons (Fsp3) is 0.250. The van der Waals surface area contributed by atoms with E-state index < -0.39 is 5.97 Å². The number of methoxy groups -OCH3 is 1. The lowest BCUT2D eigenvalue weighted by atomic mass is 9.92. The van der Waals surface area contributed by atoms with Crippen LogP contribution in [0.25, 0.3) is 0 Å². The van der Waals surface area contributed by atoms with Gasteiger partial charge in [-0.15, -0.1) is 0 Å². The Morgan fingerprint density at radius 1 is 0.862 bits per heavy atom. The van der Waals surface area contributed by atoms with E-state index in [1.54, 1.807) is 13.8 Å². The van der Waals surface area contributed by atoms with E-state index in [-0.39, 0.29) is 18.0 Å². The van der Waals surface area contributed by atoms with Gasteiger partial charge in [0, 0.05) is 24.1 Å². The van der Waals surface area contributed by atoms with Crippen LogP contribution in [0.2, 0.25) is 0 Å². The van der Waals surface area contributed by atoms with Gasteiger partial charge >= 0.3 is 5.97 Å². The normalized spacial score (nSPS) is 10.7. The molecule has 0 atom stereocenters. The van der Waals surface area contributed by atoms with Crippen LogP contribution >= 0.6 is 0 Å². The van der Waals surface area contributed by atoms with E-state index in [1.807, 2.05) is 54.6 Å². The van der Waals surface area contributed by atoms with Gasteiger partial charge in [0.2, 0.25) is 0 Å². The number of carbonyl (C=O) groups excluding carboxylic acids is 2. The molecule has 1 N–H and O–H groups in total. The van der Waals surface area contributed by atoms with Crippen LogP contribution in [0.4, 0.5) is 0 Å². The number of H-pyrrole nitrogens is 1. The van der Waals surface area contributed by atoms with Crippen LogP contribution in [0.3, 0.4) is 0 Å². The Morgan fingerprint density at radius 2 is 1.52 bits per heavy atom. The van der Waals surface area contributed by atoms with Crippen molar-refractivity contribution in [3.63, 3.8) is 0 Å². The minimum absolute atomic E-state index is 0.136. The van der Waals surface area contributed by atoms with Crippen molar-refractivity contribution in [1.29, 1.82) is 0 Å². The zero-order valence-corrected chi connectivity index (χ0v) is 17.0. The van der Waals surface area contributed by atoms with Crippen LogP contribution in [-0.2, 0) is 15.9 Å². The Morgan fingerprint density at radius 3 is 2.24 bits per heavy atom. The average Bonchev–Trinajstić information content (AvgIpc) is 3.02. The third kappa shape index (κ3) is 4.63. The van der Waals surface area contributed by atoms with Crippen molar-refractivity contribution in [3.05, 3.63) is 93.8 Å². The summed E-state index contributed by atoms with van der Waals surface area (Å²) in [5.74, 6) is -0.704. The molecule has 0 spiro atoms. The van der Waals surface area contributed by atoms with Crippen LogP contribution in [0, 0.1) is 13.8 Å². The zero-order chi connectivity index (χ0) is 20.8. The zero-order valence-electron chi connectivity index (χ0n) is 17.0. The molecule has 0 fully saturated rings. The molecule has 2 aromatic carbocycles. The van der Waals surface area contributed by atoms with Crippen molar-refractivity contribution in [2.75, 3.05) is 20.3 Å². The van der Waals surface area contributed by atoms with E-state index >= 15 is 0 Å². The van der Waals surface area contributed by atoms with Gasteiger partial charge in [-0.2, -0.15) is 0 Å². The molecule has 0 saturated heterocycles. The summed E-state index contributed by atoms with van der Waals surface area (Å²) in [6, 6.07) is 17.5. The van der Waals surface area contributed by atoms with Gasteiger partial charge in [-0.05, 0) is 31.4 Å². The number of carbonyl (C=O) groups is 2. The van der Waals surface area contributed by atoms with E-state index in [2.05, 4.69) is 4.98 Å². The van der Waals surface area contributed by atoms with Gasteiger partial charge in [0.05, 0.1) is 17.7 Å². The topological polar surface area (TPSA) is 68.4 Å². The summed E-state index contributed by atoms with van der Waals surface area (Å²) in [4.78, 5) is 29.2. The fourth-order valence-electron chi connectivity index (χ4n) is 3.46. The van der Waals surface area contributed by atoms with E-state index in [1.165, 1.54) is 7.11 Å². The lowest BCUT2D eigenvalue weighted by molar-refractivity contribution is 0.0385. The summed E-state index contributed by atoms with van der Waals surface area (Å²) in [7, 11) is 1.54. The molecular formula is C24H25NO4. The first kappa shape index (κ1) is 20.6. The molecule has 1 aromatic heterocycles. The van der Waals surface area contributed by atoms with Gasteiger partial charge in [0.25, 0.3) is 0 Å². The molecule has 0 saturated carbocycles. The quantitative estimate of drug-likeness (QED) is 0.354. The van der Waals surface area contributed by atoms with E-state index in [4.69, 9.17) is 9.47 Å². The van der Waals surface area contributed by atoms with E-state index in [9.17, 15) is 9.59 Å². The summed E-state index contributed by atoms with van der Waals surface area (Å²) in [6.45, 7) is 4.01. The first-order valence-corrected chi connectivity index (χ1v) is 9.54. The molecule has 1 heterocycles. The third-order valence-corrected chi connectivity index (χ3v) is 4.83. The number of hydrogen-bond donors (Lipinski definition) is 1. The van der Waals surface area contributed by atoms with Crippen molar-refractivity contribution in [1.82, 2.24) is 4.98 Å². The van der Waals surface area contributed by atoms with Gasteiger partial charge < -0.3 is 14.5 Å². The summed E-state index contributed by atoms with van der Waals surface area (Å²) >= 11 is 0. The molecule has 0 aliphatic heterocycles. The molecule has 150 valence electrons. The number of hydrogen-bond acceptors (Lipinski definition) is 4. The Hall–Kier alpha value is -3.18. The molecule has 5 nitrogen and oxygen atoms in total. The van der Waals surface area contributed by atoms with Gasteiger partial charge in [-0.25, -0.2) is 4.79 Å². The third-order valence-electron chi connectivity index (χ3n) is 4.83. The Labute approximate surface area is 170 Å². The van der Waals surface area contributed by atoms with Crippen molar-refractivity contribution in [2.45, 2.75) is 20.3 Å². The van der Waals surface area contributed by atoms with Gasteiger partial charge in [-0.1, -0.05) is 54.6 Å². The van der Waals surface area contributed by atoms with Crippen LogP contribution in [-0.4, -0.2) is 37.1 Å². The number of aromatic nitrogens is 1. The summed E-state index contributed by atoms with van der Waals surface area (Å²) in [5, 5.41) is 0. The minimum atomic E-state index is -0.521. The average molecular weight is 391 g/mol. The fourth-order valence-corrected chi connectivity index (χ4v) is 3.46. The molecular weight excluding hydrogens is 366 g/mol. The van der Waals surface area contributed by atoms with Crippen molar-refractivity contribution in [2.24, 2.45) is 0 Å². The van der Waals surface area contributed by atoms with Gasteiger partial charge in [0.15, 0.2) is 5.78 Å². The highest BCUT2D eigenvalue weighted by molar-refractivity contribution is 6.16. The number of rotatable bonds is 8. The molecule has 0 unspecified atom stereocenters. The lowest BCUT2D eigenvalue weighted by Gasteiger charge is -2.11. The molecule has 0 aliphatic carbocycles. The van der Waals surface area contributed by atoms with Crippen molar-refractivity contribution >= 4 is 11.8 Å². The van der Waals surface area contributed by atoms with E-state index in [0.717, 1.165) is 11.1 Å². The first-order chi connectivity index (χ1) is 14.0. The predicted octanol–water partition coefficient (Wildman–Crippen LogP) is 4.26. The number of aryl methyl sites for hydroxylation is 2. The van der Waals surface area contributed by atoms with Crippen molar-refractivity contribution < 1.29 is 19.1 Å². The van der Waals surface area contributed by atoms with Gasteiger partial charge in [0.1, 0.15) is 6.61 Å². The number of esters is 1. The number of ether oxygens (including phenoxy) is 2. The molecule has 5 heteroatoms. The SMILES string of the molecule is COCCOC(=O)c1c(C)[nH]c(C)c1C(=O)c1ccccc1Cc1ccccc1. The maximum atomic E-state index is 13.5. The van der Waals surface area contributed by atoms with Crippen LogP contribution < -0.4 is 0 Å². The molecule has 29 heavy (non-hydrogen) atoms. The minimum Gasteiger partial charge on any atom is -0.460 e. The Balaban J connectivity index is 1.97. The largest absolute Gasteiger partial charge is 0.460 e. The van der Waals surface area contributed by atoms with Crippen LogP contribution in [0.15, 0.2) is 54.6 Å². The number of benzene rings is 2. The highest BCUT2D eigenvalue weighted by Gasteiger charge is 2.27. The van der Waals surface area contributed by atoms with E-state index in [0.29, 0.717) is 35.5 Å². The summed E-state index contributed by atoms with van der Waals surface area (Å²) in [6.07, 6.45) is 0.638. The van der Waals surface area contributed by atoms with Gasteiger partial charge in [-0.3, -0.25) is 4.79 Å². The second kappa shape index (κ2) is 9.34. The molecule has 0 bridgehead atoms. The molecule has 0 radical (unpaired) electrons. The molecule has 0 amide bonds. The number of aromatic amines is 1. The highest BCUT2D eigenvalue weighted by Crippen LogP contribution is 2.25. The Bertz CT molecular complexity index is 1000. The van der Waals surface area contributed by atoms with Crippen molar-refractivity contribution in [3.8, 4) is 0 Å². The van der Waals surface area contributed by atoms with Crippen LogP contribution in [0.1, 0.15) is 48.8 Å². The number of ketones is 1. The predicted molar refractivity (Wildman–Crippen MR) is 112 cm³/mol. The second-order valence-electron chi connectivity index (χ2n) is 6.90.